The maximum Gasteiger partial charge on any atom is 0.154 e. The van der Waals surface area contributed by atoms with Crippen LogP contribution in [0.2, 0.25) is 0 Å². The van der Waals surface area contributed by atoms with Crippen LogP contribution >= 0.6 is 0 Å². The van der Waals surface area contributed by atoms with Crippen LogP contribution < -0.4 is 0 Å². The Morgan fingerprint density at radius 3 is 2.69 bits per heavy atom. The number of nitrogens with zero attached hydrogens (tertiary/aromatic N) is 1. The molecule has 0 saturated heterocycles. The van der Waals surface area contributed by atoms with Crippen LogP contribution in [0.25, 0.3) is 0 Å². The Hall–Kier alpha value is -0.600. The maximum absolute atomic E-state index is 12.0. The third-order valence-corrected chi connectivity index (χ3v) is 5.45. The summed E-state index contributed by atoms with van der Waals surface area (Å²) in [6.07, 6.45) is 3.79. The fraction of sp³-hybridized carbons (Fsp3) is 0.909. The van der Waals surface area contributed by atoms with Gasteiger partial charge in [0.1, 0.15) is 0 Å². The molecule has 1 fully saturated rings. The third-order valence-electron chi connectivity index (χ3n) is 3.11. The highest BCUT2D eigenvalue weighted by molar-refractivity contribution is 7.92. The van der Waals surface area contributed by atoms with Gasteiger partial charge in [-0.1, -0.05) is 12.8 Å². The molecular weight excluding hydrogens is 226 g/mol. The van der Waals surface area contributed by atoms with E-state index in [0.717, 1.165) is 19.3 Å². The molecule has 92 valence electrons. The standard InChI is InChI=1S/C11H19NO3S/c1-15-7-4-8-16(13,14)11-6-3-2-5-10(11)9-12/h10-11H,2-8H2,1H3. The SMILES string of the molecule is COCCCS(=O)(=O)C1CCCCC1C#N. The summed E-state index contributed by atoms with van der Waals surface area (Å²) in [4.78, 5) is 0. The Morgan fingerprint density at radius 2 is 2.06 bits per heavy atom. The molecular formula is C11H19NO3S. The zero-order valence-corrected chi connectivity index (χ0v) is 10.5. The topological polar surface area (TPSA) is 67.2 Å². The predicted octanol–water partition coefficient (Wildman–Crippen LogP) is 1.52. The number of sulfone groups is 1. The maximum atomic E-state index is 12.0. The van der Waals surface area contributed by atoms with Crippen molar-refractivity contribution in [2.45, 2.75) is 37.4 Å². The Morgan fingerprint density at radius 1 is 1.38 bits per heavy atom. The van der Waals surface area contributed by atoms with Crippen LogP contribution in [0.4, 0.5) is 0 Å². The first-order valence-electron chi connectivity index (χ1n) is 5.72. The molecule has 0 aromatic heterocycles. The summed E-state index contributed by atoms with van der Waals surface area (Å²) in [6.45, 7) is 0.461. The van der Waals surface area contributed by atoms with Gasteiger partial charge >= 0.3 is 0 Å². The summed E-state index contributed by atoms with van der Waals surface area (Å²) in [7, 11) is -1.56. The summed E-state index contributed by atoms with van der Waals surface area (Å²) in [5, 5.41) is 8.52. The first kappa shape index (κ1) is 13.5. The molecule has 0 radical (unpaired) electrons. The summed E-state index contributed by atoms with van der Waals surface area (Å²) >= 11 is 0. The quantitative estimate of drug-likeness (QED) is 0.689. The van der Waals surface area contributed by atoms with Gasteiger partial charge in [0.15, 0.2) is 9.84 Å². The predicted molar refractivity (Wildman–Crippen MR) is 61.6 cm³/mol. The highest BCUT2D eigenvalue weighted by Crippen LogP contribution is 2.29. The van der Waals surface area contributed by atoms with Crippen molar-refractivity contribution in [1.82, 2.24) is 0 Å². The van der Waals surface area contributed by atoms with E-state index in [1.54, 1.807) is 7.11 Å². The van der Waals surface area contributed by atoms with Crippen LogP contribution in [-0.2, 0) is 14.6 Å². The monoisotopic (exact) mass is 245 g/mol. The van der Waals surface area contributed by atoms with Gasteiger partial charge in [-0.15, -0.1) is 0 Å². The molecule has 0 amide bonds. The molecule has 0 aromatic rings. The summed E-state index contributed by atoms with van der Waals surface area (Å²) in [5.74, 6) is -0.162. The van der Waals surface area contributed by atoms with Crippen molar-refractivity contribution in [3.63, 3.8) is 0 Å². The average molecular weight is 245 g/mol. The van der Waals surface area contributed by atoms with Gasteiger partial charge in [0.25, 0.3) is 0 Å². The second-order valence-electron chi connectivity index (χ2n) is 4.27. The normalized spacial score (nSPS) is 26.2. The van der Waals surface area contributed by atoms with E-state index in [4.69, 9.17) is 10.00 Å². The van der Waals surface area contributed by atoms with Crippen molar-refractivity contribution in [1.29, 1.82) is 5.26 Å². The third kappa shape index (κ3) is 3.46. The summed E-state index contributed by atoms with van der Waals surface area (Å²) in [5.41, 5.74) is 0. The number of hydrogen-bond donors (Lipinski definition) is 0. The molecule has 0 spiro atoms. The zero-order chi connectivity index (χ0) is 12.0. The van der Waals surface area contributed by atoms with Crippen LogP contribution in [0.5, 0.6) is 0 Å². The fourth-order valence-electron chi connectivity index (χ4n) is 2.23. The molecule has 0 aliphatic heterocycles. The van der Waals surface area contributed by atoms with Crippen LogP contribution in [0.3, 0.4) is 0 Å². The number of nitriles is 1. The molecule has 5 heteroatoms. The summed E-state index contributed by atoms with van der Waals surface area (Å²) < 4.78 is 28.9. The van der Waals surface area contributed by atoms with Gasteiger partial charge in [-0.3, -0.25) is 0 Å². The van der Waals surface area contributed by atoms with E-state index in [-0.39, 0.29) is 11.7 Å². The Bertz CT molecular complexity index is 345. The lowest BCUT2D eigenvalue weighted by atomic mass is 9.90. The lowest BCUT2D eigenvalue weighted by Gasteiger charge is -2.26. The molecule has 0 bridgehead atoms. The van der Waals surface area contributed by atoms with E-state index in [1.807, 2.05) is 0 Å². The highest BCUT2D eigenvalue weighted by Gasteiger charge is 2.34. The number of ether oxygens (including phenoxy) is 1. The van der Waals surface area contributed by atoms with Crippen LogP contribution in [0.1, 0.15) is 32.1 Å². The van der Waals surface area contributed by atoms with E-state index >= 15 is 0 Å². The number of rotatable bonds is 5. The summed E-state index contributed by atoms with van der Waals surface area (Å²) in [6, 6.07) is 2.14. The first-order chi connectivity index (χ1) is 7.61. The Balaban J connectivity index is 2.62. The molecule has 2 atom stereocenters. The molecule has 0 heterocycles. The molecule has 1 aliphatic rings. The Kier molecular flexibility index (Phi) is 5.23. The van der Waals surface area contributed by atoms with Crippen molar-refractivity contribution in [2.75, 3.05) is 19.5 Å². The zero-order valence-electron chi connectivity index (χ0n) is 9.68. The lowest BCUT2D eigenvalue weighted by molar-refractivity contribution is 0.199. The minimum absolute atomic E-state index is 0.143. The fourth-order valence-corrected chi connectivity index (χ4v) is 4.28. The van der Waals surface area contributed by atoms with Crippen LogP contribution in [0.15, 0.2) is 0 Å². The second kappa shape index (κ2) is 6.21. The van der Waals surface area contributed by atoms with Crippen LogP contribution in [0, 0.1) is 17.2 Å². The molecule has 1 rings (SSSR count). The lowest BCUT2D eigenvalue weighted by Crippen LogP contribution is -2.34. The minimum Gasteiger partial charge on any atom is -0.385 e. The molecule has 1 aliphatic carbocycles. The van der Waals surface area contributed by atoms with E-state index < -0.39 is 15.1 Å². The molecule has 2 unspecified atom stereocenters. The van der Waals surface area contributed by atoms with E-state index in [0.29, 0.717) is 19.4 Å². The van der Waals surface area contributed by atoms with Crippen molar-refractivity contribution in [3.8, 4) is 6.07 Å². The van der Waals surface area contributed by atoms with Gasteiger partial charge in [-0.2, -0.15) is 5.26 Å². The first-order valence-corrected chi connectivity index (χ1v) is 7.43. The van der Waals surface area contributed by atoms with Crippen LogP contribution in [-0.4, -0.2) is 33.1 Å². The highest BCUT2D eigenvalue weighted by atomic mass is 32.2. The second-order valence-corrected chi connectivity index (χ2v) is 6.61. The molecule has 4 nitrogen and oxygen atoms in total. The van der Waals surface area contributed by atoms with Gasteiger partial charge in [0, 0.05) is 13.7 Å². The molecule has 1 saturated carbocycles. The van der Waals surface area contributed by atoms with Crippen molar-refractivity contribution in [2.24, 2.45) is 5.92 Å². The van der Waals surface area contributed by atoms with Crippen molar-refractivity contribution < 1.29 is 13.2 Å². The largest absolute Gasteiger partial charge is 0.385 e. The van der Waals surface area contributed by atoms with E-state index in [2.05, 4.69) is 6.07 Å². The average Bonchev–Trinajstić information content (AvgIpc) is 2.29. The van der Waals surface area contributed by atoms with Crippen molar-refractivity contribution in [3.05, 3.63) is 0 Å². The number of hydrogen-bond acceptors (Lipinski definition) is 4. The molecule has 0 N–H and O–H groups in total. The molecule has 16 heavy (non-hydrogen) atoms. The van der Waals surface area contributed by atoms with Gasteiger partial charge in [-0.05, 0) is 19.3 Å². The smallest absolute Gasteiger partial charge is 0.154 e. The van der Waals surface area contributed by atoms with Crippen molar-refractivity contribution >= 4 is 9.84 Å². The van der Waals surface area contributed by atoms with Gasteiger partial charge in [-0.25, -0.2) is 8.42 Å². The van der Waals surface area contributed by atoms with E-state index in [1.165, 1.54) is 0 Å². The van der Waals surface area contributed by atoms with E-state index in [9.17, 15) is 8.42 Å². The van der Waals surface area contributed by atoms with Gasteiger partial charge < -0.3 is 4.74 Å². The molecule has 0 aromatic carbocycles. The van der Waals surface area contributed by atoms with Gasteiger partial charge in [0.2, 0.25) is 0 Å². The Labute approximate surface area is 97.5 Å². The minimum atomic E-state index is -3.12. The number of methoxy groups -OCH3 is 1. The van der Waals surface area contributed by atoms with Gasteiger partial charge in [0.05, 0.1) is 23.0 Å².